The number of nitrogens with two attached hydrogens (primary N) is 1. The van der Waals surface area contributed by atoms with Crippen LogP contribution in [0.25, 0.3) is 0 Å². The molecule has 0 saturated carbocycles. The minimum atomic E-state index is -0.0257. The molecule has 0 bridgehead atoms. The van der Waals surface area contributed by atoms with Crippen molar-refractivity contribution in [3.63, 3.8) is 0 Å². The normalized spacial score (nSPS) is 13.5. The van der Waals surface area contributed by atoms with Gasteiger partial charge in [0.25, 0.3) is 0 Å². The maximum atomic E-state index is 5.91. The molecular formula is C15H26N2O. The molecule has 1 unspecified atom stereocenters. The first-order valence-electron chi connectivity index (χ1n) is 6.39. The van der Waals surface area contributed by atoms with Crippen LogP contribution in [0.2, 0.25) is 0 Å². The summed E-state index contributed by atoms with van der Waals surface area (Å²) in [5.41, 5.74) is 9.55. The van der Waals surface area contributed by atoms with Gasteiger partial charge in [-0.1, -0.05) is 19.9 Å². The lowest BCUT2D eigenvalue weighted by molar-refractivity contribution is 0.257. The molecule has 0 spiro atoms. The van der Waals surface area contributed by atoms with Gasteiger partial charge in [0.1, 0.15) is 5.75 Å². The zero-order valence-electron chi connectivity index (χ0n) is 12.4. The zero-order chi connectivity index (χ0) is 13.9. The number of hydrogen-bond acceptors (Lipinski definition) is 3. The van der Waals surface area contributed by atoms with E-state index < -0.39 is 0 Å². The van der Waals surface area contributed by atoms with Crippen LogP contribution in [0.4, 0.5) is 0 Å². The van der Waals surface area contributed by atoms with Crippen molar-refractivity contribution in [1.82, 2.24) is 5.32 Å². The fourth-order valence-corrected chi connectivity index (χ4v) is 2.52. The van der Waals surface area contributed by atoms with Crippen LogP contribution in [0.5, 0.6) is 5.75 Å². The maximum Gasteiger partial charge on any atom is 0.124 e. The van der Waals surface area contributed by atoms with Gasteiger partial charge in [-0.25, -0.2) is 0 Å². The molecule has 0 radical (unpaired) electrons. The van der Waals surface area contributed by atoms with Gasteiger partial charge in [-0.3, -0.25) is 0 Å². The summed E-state index contributed by atoms with van der Waals surface area (Å²) >= 11 is 0. The van der Waals surface area contributed by atoms with E-state index in [1.54, 1.807) is 7.11 Å². The number of ether oxygens (including phenoxy) is 1. The topological polar surface area (TPSA) is 47.3 Å². The van der Waals surface area contributed by atoms with E-state index in [-0.39, 0.29) is 11.5 Å². The summed E-state index contributed by atoms with van der Waals surface area (Å²) < 4.78 is 5.55. The molecule has 0 amide bonds. The number of aryl methyl sites for hydroxylation is 2. The van der Waals surface area contributed by atoms with E-state index in [0.717, 1.165) is 5.75 Å². The van der Waals surface area contributed by atoms with Crippen LogP contribution < -0.4 is 15.8 Å². The van der Waals surface area contributed by atoms with Gasteiger partial charge in [0.15, 0.2) is 0 Å². The molecule has 0 aromatic heterocycles. The highest BCUT2D eigenvalue weighted by molar-refractivity contribution is 5.45. The van der Waals surface area contributed by atoms with Gasteiger partial charge in [0, 0.05) is 11.6 Å². The average molecular weight is 250 g/mol. The van der Waals surface area contributed by atoms with E-state index in [2.05, 4.69) is 45.1 Å². The Hall–Kier alpha value is -1.06. The summed E-state index contributed by atoms with van der Waals surface area (Å²) in [6.07, 6.45) is 0. The van der Waals surface area contributed by atoms with Gasteiger partial charge in [0.05, 0.1) is 7.11 Å². The van der Waals surface area contributed by atoms with E-state index in [1.165, 1.54) is 16.7 Å². The third kappa shape index (κ3) is 2.85. The van der Waals surface area contributed by atoms with Gasteiger partial charge < -0.3 is 15.8 Å². The zero-order valence-corrected chi connectivity index (χ0v) is 12.4. The van der Waals surface area contributed by atoms with Crippen molar-refractivity contribution in [2.75, 3.05) is 20.7 Å². The predicted molar refractivity (Wildman–Crippen MR) is 77.1 cm³/mol. The number of benzene rings is 1. The van der Waals surface area contributed by atoms with Gasteiger partial charge in [0.2, 0.25) is 0 Å². The van der Waals surface area contributed by atoms with Crippen LogP contribution in [0.3, 0.4) is 0 Å². The molecule has 0 aliphatic heterocycles. The van der Waals surface area contributed by atoms with Crippen LogP contribution in [-0.2, 0) is 0 Å². The highest BCUT2D eigenvalue weighted by Gasteiger charge is 2.31. The van der Waals surface area contributed by atoms with E-state index >= 15 is 0 Å². The molecule has 3 heteroatoms. The second-order valence-electron chi connectivity index (χ2n) is 5.61. The Morgan fingerprint density at radius 3 is 2.39 bits per heavy atom. The molecule has 3 N–H and O–H groups in total. The first-order valence-corrected chi connectivity index (χ1v) is 6.39. The monoisotopic (exact) mass is 250 g/mol. The molecule has 0 heterocycles. The van der Waals surface area contributed by atoms with Crippen molar-refractivity contribution in [2.24, 2.45) is 11.1 Å². The third-order valence-electron chi connectivity index (χ3n) is 3.60. The Kier molecular flexibility index (Phi) is 4.77. The van der Waals surface area contributed by atoms with Crippen molar-refractivity contribution in [3.8, 4) is 5.75 Å². The van der Waals surface area contributed by atoms with E-state index in [9.17, 15) is 0 Å². The second kappa shape index (κ2) is 5.72. The molecule has 18 heavy (non-hydrogen) atoms. The highest BCUT2D eigenvalue weighted by atomic mass is 16.5. The summed E-state index contributed by atoms with van der Waals surface area (Å²) in [5.74, 6) is 0.938. The Labute approximate surface area is 111 Å². The Morgan fingerprint density at radius 2 is 1.94 bits per heavy atom. The second-order valence-corrected chi connectivity index (χ2v) is 5.61. The molecular weight excluding hydrogens is 224 g/mol. The van der Waals surface area contributed by atoms with E-state index in [4.69, 9.17) is 10.5 Å². The lowest BCUT2D eigenvalue weighted by atomic mass is 9.78. The maximum absolute atomic E-state index is 5.91. The Balaban J connectivity index is 3.37. The minimum Gasteiger partial charge on any atom is -0.496 e. The lowest BCUT2D eigenvalue weighted by Crippen LogP contribution is -2.38. The summed E-state index contributed by atoms with van der Waals surface area (Å²) in [6.45, 7) is 9.18. The highest BCUT2D eigenvalue weighted by Crippen LogP contribution is 2.39. The van der Waals surface area contributed by atoms with Gasteiger partial charge in [-0.05, 0) is 50.0 Å². The molecule has 0 fully saturated rings. The molecule has 102 valence electrons. The quantitative estimate of drug-likeness (QED) is 0.844. The fourth-order valence-electron chi connectivity index (χ4n) is 2.52. The van der Waals surface area contributed by atoms with Crippen molar-refractivity contribution < 1.29 is 4.74 Å². The smallest absolute Gasteiger partial charge is 0.124 e. The van der Waals surface area contributed by atoms with Crippen LogP contribution in [0.1, 0.15) is 36.6 Å². The third-order valence-corrected chi connectivity index (χ3v) is 3.60. The van der Waals surface area contributed by atoms with Crippen LogP contribution in [0, 0.1) is 19.3 Å². The van der Waals surface area contributed by atoms with Gasteiger partial charge in [-0.15, -0.1) is 0 Å². The predicted octanol–water partition coefficient (Wildman–Crippen LogP) is 2.56. The number of hydrogen-bond donors (Lipinski definition) is 2. The molecule has 0 saturated heterocycles. The molecule has 0 aliphatic rings. The number of methoxy groups -OCH3 is 1. The summed E-state index contributed by atoms with van der Waals surface area (Å²) in [4.78, 5) is 0. The van der Waals surface area contributed by atoms with Gasteiger partial charge >= 0.3 is 0 Å². The minimum absolute atomic E-state index is 0.0257. The summed E-state index contributed by atoms with van der Waals surface area (Å²) in [6, 6.07) is 4.45. The molecule has 1 atom stereocenters. The van der Waals surface area contributed by atoms with Crippen molar-refractivity contribution in [1.29, 1.82) is 0 Å². The fraction of sp³-hybridized carbons (Fsp3) is 0.600. The Bertz CT molecular complexity index is 413. The number of rotatable bonds is 5. The molecule has 3 nitrogen and oxygen atoms in total. The summed E-state index contributed by atoms with van der Waals surface area (Å²) in [5, 5.41) is 3.38. The average Bonchev–Trinajstić information content (AvgIpc) is 2.31. The molecule has 1 rings (SSSR count). The van der Waals surface area contributed by atoms with Crippen LogP contribution in [-0.4, -0.2) is 20.7 Å². The lowest BCUT2D eigenvalue weighted by Gasteiger charge is -2.35. The largest absolute Gasteiger partial charge is 0.496 e. The van der Waals surface area contributed by atoms with Crippen LogP contribution >= 0.6 is 0 Å². The molecule has 0 aliphatic carbocycles. The van der Waals surface area contributed by atoms with E-state index in [1.807, 2.05) is 7.05 Å². The number of nitrogens with one attached hydrogen (secondary N) is 1. The van der Waals surface area contributed by atoms with Crippen LogP contribution in [0.15, 0.2) is 12.1 Å². The SMILES string of the molecule is CNC(c1c(C)cc(C)cc1OC)C(C)(C)CN. The van der Waals surface area contributed by atoms with Gasteiger partial charge in [-0.2, -0.15) is 0 Å². The van der Waals surface area contributed by atoms with E-state index in [0.29, 0.717) is 6.54 Å². The standard InChI is InChI=1S/C15H26N2O/c1-10-7-11(2)13(12(8-10)18-6)14(17-5)15(3,4)9-16/h7-8,14,17H,9,16H2,1-6H3. The molecule has 1 aromatic rings. The molecule has 1 aromatic carbocycles. The van der Waals surface area contributed by atoms with Crippen molar-refractivity contribution >= 4 is 0 Å². The first-order chi connectivity index (χ1) is 8.37. The summed E-state index contributed by atoms with van der Waals surface area (Å²) in [7, 11) is 3.70. The first kappa shape index (κ1) is 15.0. The Morgan fingerprint density at radius 1 is 1.33 bits per heavy atom. The van der Waals surface area contributed by atoms with Crippen molar-refractivity contribution in [2.45, 2.75) is 33.7 Å². The van der Waals surface area contributed by atoms with Crippen molar-refractivity contribution in [3.05, 3.63) is 28.8 Å².